The predicted molar refractivity (Wildman–Crippen MR) is 97.0 cm³/mol. The Morgan fingerprint density at radius 2 is 1.92 bits per heavy atom. The van der Waals surface area contributed by atoms with Crippen molar-refractivity contribution in [2.24, 2.45) is 5.73 Å². The van der Waals surface area contributed by atoms with Gasteiger partial charge in [0.1, 0.15) is 5.15 Å². The van der Waals surface area contributed by atoms with Gasteiger partial charge < -0.3 is 21.1 Å². The third kappa shape index (κ3) is 4.55. The first-order chi connectivity index (χ1) is 12.0. The van der Waals surface area contributed by atoms with E-state index in [1.165, 1.54) is 4.90 Å². The highest BCUT2D eigenvalue weighted by atomic mass is 35.5. The maximum absolute atomic E-state index is 14.1. The molecule has 0 bridgehead atoms. The maximum Gasteiger partial charge on any atom is 0.407 e. The van der Waals surface area contributed by atoms with E-state index in [2.05, 4.69) is 10.3 Å². The number of hydrogen-bond acceptors (Lipinski definition) is 4. The Balaban J connectivity index is 2.04. The van der Waals surface area contributed by atoms with Crippen molar-refractivity contribution in [1.29, 1.82) is 0 Å². The van der Waals surface area contributed by atoms with Crippen LogP contribution in [0.4, 0.5) is 15.0 Å². The number of nitrogens with one attached hydrogen (secondary N) is 1. The van der Waals surface area contributed by atoms with Gasteiger partial charge in [0.25, 0.3) is 5.91 Å². The highest BCUT2D eigenvalue weighted by Crippen LogP contribution is 2.30. The molecule has 144 valence electrons. The van der Waals surface area contributed by atoms with Crippen LogP contribution in [-0.4, -0.2) is 44.6 Å². The Morgan fingerprint density at radius 1 is 1.35 bits per heavy atom. The van der Waals surface area contributed by atoms with Crippen LogP contribution in [0.5, 0.6) is 0 Å². The molecule has 2 rings (SSSR count). The first-order valence-electron chi connectivity index (χ1n) is 8.45. The Kier molecular flexibility index (Phi) is 5.95. The second kappa shape index (κ2) is 7.65. The minimum Gasteiger partial charge on any atom is -0.465 e. The Hall–Kier alpha value is -2.09. The van der Waals surface area contributed by atoms with Crippen molar-refractivity contribution < 1.29 is 19.1 Å². The van der Waals surface area contributed by atoms with E-state index in [0.717, 1.165) is 6.07 Å². The summed E-state index contributed by atoms with van der Waals surface area (Å²) >= 11 is 5.87. The number of rotatable bonds is 4. The molecule has 0 unspecified atom stereocenters. The molecule has 2 amide bonds. The van der Waals surface area contributed by atoms with Crippen molar-refractivity contribution in [3.63, 3.8) is 0 Å². The van der Waals surface area contributed by atoms with Gasteiger partial charge in [-0.25, -0.2) is 14.2 Å². The summed E-state index contributed by atoms with van der Waals surface area (Å²) in [4.78, 5) is 28.1. The number of primary amides is 1. The summed E-state index contributed by atoms with van der Waals surface area (Å²) in [7, 11) is 0. The second-order valence-electron chi connectivity index (χ2n) is 7.49. The summed E-state index contributed by atoms with van der Waals surface area (Å²) in [5.74, 6) is -1.58. The predicted octanol–water partition coefficient (Wildman–Crippen LogP) is 3.47. The number of carbonyl (C=O) groups is 2. The third-order valence-corrected chi connectivity index (χ3v) is 4.81. The first kappa shape index (κ1) is 20.2. The lowest BCUT2D eigenvalue weighted by molar-refractivity contribution is 0.0556. The summed E-state index contributed by atoms with van der Waals surface area (Å²) in [6, 6.07) is 0.834. The van der Waals surface area contributed by atoms with Crippen LogP contribution in [0.25, 0.3) is 0 Å². The van der Waals surface area contributed by atoms with Gasteiger partial charge >= 0.3 is 6.09 Å². The van der Waals surface area contributed by atoms with E-state index >= 15 is 0 Å². The summed E-state index contributed by atoms with van der Waals surface area (Å²) < 4.78 is 14.1. The van der Waals surface area contributed by atoms with Crippen molar-refractivity contribution in [1.82, 2.24) is 9.88 Å². The van der Waals surface area contributed by atoms with E-state index in [1.54, 1.807) is 0 Å². The molecule has 0 aliphatic heterocycles. The van der Waals surface area contributed by atoms with E-state index in [9.17, 15) is 19.1 Å². The van der Waals surface area contributed by atoms with Gasteiger partial charge in [-0.1, -0.05) is 11.6 Å². The summed E-state index contributed by atoms with van der Waals surface area (Å²) in [5.41, 5.74) is 4.47. The molecule has 1 heterocycles. The van der Waals surface area contributed by atoms with Crippen molar-refractivity contribution in [3.05, 3.63) is 22.6 Å². The van der Waals surface area contributed by atoms with Crippen LogP contribution in [0.15, 0.2) is 6.07 Å². The molecule has 1 fully saturated rings. The smallest absolute Gasteiger partial charge is 0.407 e. The molecule has 7 nitrogen and oxygen atoms in total. The average molecular weight is 387 g/mol. The van der Waals surface area contributed by atoms with Gasteiger partial charge in [-0.05, 0) is 52.5 Å². The minimum absolute atomic E-state index is 0.0330. The van der Waals surface area contributed by atoms with E-state index in [0.29, 0.717) is 25.7 Å². The highest BCUT2D eigenvalue weighted by molar-refractivity contribution is 6.32. The largest absolute Gasteiger partial charge is 0.465 e. The topological polar surface area (TPSA) is 109 Å². The number of hydrogen-bond donors (Lipinski definition) is 3. The number of aromatic nitrogens is 1. The number of amides is 2. The zero-order valence-electron chi connectivity index (χ0n) is 15.1. The zero-order valence-corrected chi connectivity index (χ0v) is 15.8. The SMILES string of the molecule is CC(C)(C)N(C(=O)O)C1CCC(Nc2nc(Cl)c(C(N)=O)cc2F)CC1. The molecule has 26 heavy (non-hydrogen) atoms. The van der Waals surface area contributed by atoms with Gasteiger partial charge in [0.2, 0.25) is 0 Å². The van der Waals surface area contributed by atoms with Crippen LogP contribution >= 0.6 is 11.6 Å². The Bertz CT molecular complexity index is 700. The molecule has 0 radical (unpaired) electrons. The van der Waals surface area contributed by atoms with Gasteiger partial charge in [-0.3, -0.25) is 4.79 Å². The molecule has 0 atom stereocenters. The molecule has 1 aromatic heterocycles. The monoisotopic (exact) mass is 386 g/mol. The molecular formula is C17H24ClFN4O3. The molecule has 1 aliphatic rings. The lowest BCUT2D eigenvalue weighted by Gasteiger charge is -2.42. The normalized spacial score (nSPS) is 20.5. The van der Waals surface area contributed by atoms with E-state index in [-0.39, 0.29) is 28.6 Å². The summed E-state index contributed by atoms with van der Waals surface area (Å²) in [6.07, 6.45) is 1.73. The van der Waals surface area contributed by atoms with Crippen molar-refractivity contribution in [2.75, 3.05) is 5.32 Å². The number of halogens is 2. The van der Waals surface area contributed by atoms with Gasteiger partial charge in [-0.15, -0.1) is 0 Å². The van der Waals surface area contributed by atoms with Crippen LogP contribution in [0, 0.1) is 5.82 Å². The molecule has 1 aliphatic carbocycles. The minimum atomic E-state index is -0.935. The van der Waals surface area contributed by atoms with Gasteiger partial charge in [0.05, 0.1) is 5.56 Å². The number of pyridine rings is 1. The fourth-order valence-electron chi connectivity index (χ4n) is 3.40. The van der Waals surface area contributed by atoms with Crippen molar-refractivity contribution >= 4 is 29.4 Å². The van der Waals surface area contributed by atoms with Gasteiger partial charge in [0.15, 0.2) is 11.6 Å². The van der Waals surface area contributed by atoms with Crippen molar-refractivity contribution in [3.8, 4) is 0 Å². The molecular weight excluding hydrogens is 363 g/mol. The Morgan fingerprint density at radius 3 is 2.38 bits per heavy atom. The molecule has 1 saturated carbocycles. The third-order valence-electron chi connectivity index (χ3n) is 4.53. The maximum atomic E-state index is 14.1. The second-order valence-corrected chi connectivity index (χ2v) is 7.85. The van der Waals surface area contributed by atoms with Crippen LogP contribution < -0.4 is 11.1 Å². The highest BCUT2D eigenvalue weighted by Gasteiger charge is 2.35. The average Bonchev–Trinajstić information content (AvgIpc) is 2.50. The van der Waals surface area contributed by atoms with Crippen LogP contribution in [0.1, 0.15) is 56.8 Å². The van der Waals surface area contributed by atoms with E-state index in [4.69, 9.17) is 17.3 Å². The number of carbonyl (C=O) groups excluding carboxylic acids is 1. The van der Waals surface area contributed by atoms with Crippen LogP contribution in [0.3, 0.4) is 0 Å². The molecule has 1 aromatic rings. The number of nitrogens with two attached hydrogens (primary N) is 1. The van der Waals surface area contributed by atoms with Crippen LogP contribution in [-0.2, 0) is 0 Å². The van der Waals surface area contributed by atoms with E-state index in [1.807, 2.05) is 20.8 Å². The van der Waals surface area contributed by atoms with Crippen molar-refractivity contribution in [2.45, 2.75) is 64.1 Å². The standard InChI is InChI=1S/C17H24ClFN4O3/c1-17(2,3)23(16(25)26)10-6-4-9(5-7-10)21-15-12(19)8-11(14(20)24)13(18)22-15/h8-10H,4-7H2,1-3H3,(H2,20,24)(H,21,22)(H,25,26). The lowest BCUT2D eigenvalue weighted by Crippen LogP contribution is -2.52. The quantitative estimate of drug-likeness (QED) is 0.686. The molecule has 9 heteroatoms. The summed E-state index contributed by atoms with van der Waals surface area (Å²) in [5, 5.41) is 12.3. The van der Waals surface area contributed by atoms with Gasteiger partial charge in [-0.2, -0.15) is 0 Å². The van der Waals surface area contributed by atoms with E-state index < -0.39 is 23.4 Å². The number of nitrogens with zero attached hydrogens (tertiary/aromatic N) is 2. The molecule has 0 aromatic carbocycles. The van der Waals surface area contributed by atoms with Gasteiger partial charge in [0, 0.05) is 17.6 Å². The molecule has 0 saturated heterocycles. The first-order valence-corrected chi connectivity index (χ1v) is 8.83. The van der Waals surface area contributed by atoms with Crippen LogP contribution in [0.2, 0.25) is 5.15 Å². The fraction of sp³-hybridized carbons (Fsp3) is 0.588. The lowest BCUT2D eigenvalue weighted by atomic mass is 9.88. The fourth-order valence-corrected chi connectivity index (χ4v) is 3.64. The molecule has 4 N–H and O–H groups in total. The number of anilines is 1. The number of carboxylic acid groups (broad SMARTS) is 1. The summed E-state index contributed by atoms with van der Waals surface area (Å²) in [6.45, 7) is 5.60. The molecule has 0 spiro atoms. The zero-order chi connectivity index (χ0) is 19.6. The Labute approximate surface area is 156 Å².